The summed E-state index contributed by atoms with van der Waals surface area (Å²) in [6.07, 6.45) is 0. The lowest BCUT2D eigenvalue weighted by molar-refractivity contribution is 1.03. The van der Waals surface area contributed by atoms with E-state index in [1.807, 2.05) is 11.3 Å². The van der Waals surface area contributed by atoms with Gasteiger partial charge in [0.25, 0.3) is 0 Å². The van der Waals surface area contributed by atoms with Crippen molar-refractivity contribution >= 4 is 102 Å². The molecular formula is C47H26N4S2. The monoisotopic (exact) mass is 710 g/mol. The van der Waals surface area contributed by atoms with Crippen LogP contribution < -0.4 is 4.90 Å². The third-order valence-corrected chi connectivity index (χ3v) is 13.0. The molecule has 0 N–H and O–H groups in total. The van der Waals surface area contributed by atoms with Crippen molar-refractivity contribution in [3.8, 4) is 33.9 Å². The number of aromatic nitrogens is 3. The van der Waals surface area contributed by atoms with Crippen molar-refractivity contribution in [2.75, 3.05) is 4.90 Å². The van der Waals surface area contributed by atoms with E-state index in [9.17, 15) is 0 Å². The Morgan fingerprint density at radius 3 is 1.96 bits per heavy atom. The van der Waals surface area contributed by atoms with Crippen LogP contribution in [0.4, 0.5) is 17.3 Å². The molecule has 0 amide bonds. The van der Waals surface area contributed by atoms with Gasteiger partial charge in [-0.15, -0.1) is 22.7 Å². The normalized spacial score (nSPS) is 12.5. The van der Waals surface area contributed by atoms with Crippen molar-refractivity contribution in [1.29, 1.82) is 0 Å². The van der Waals surface area contributed by atoms with Crippen LogP contribution >= 0.6 is 22.7 Å². The van der Waals surface area contributed by atoms with Gasteiger partial charge in [0.1, 0.15) is 0 Å². The Morgan fingerprint density at radius 2 is 1.08 bits per heavy atom. The summed E-state index contributed by atoms with van der Waals surface area (Å²) in [5.74, 6) is 1.90. The second-order valence-corrected chi connectivity index (χ2v) is 15.7. The predicted molar refractivity (Wildman–Crippen MR) is 225 cm³/mol. The van der Waals surface area contributed by atoms with Crippen LogP contribution in [0, 0.1) is 0 Å². The molecule has 11 aromatic rings. The zero-order valence-corrected chi connectivity index (χ0v) is 29.7. The van der Waals surface area contributed by atoms with Crippen molar-refractivity contribution in [2.24, 2.45) is 0 Å². The van der Waals surface area contributed by atoms with Crippen molar-refractivity contribution in [1.82, 2.24) is 15.0 Å². The second kappa shape index (κ2) is 11.0. The van der Waals surface area contributed by atoms with Gasteiger partial charge in [0.2, 0.25) is 5.95 Å². The van der Waals surface area contributed by atoms with Gasteiger partial charge in [-0.1, -0.05) is 121 Å². The molecule has 6 heteroatoms. The van der Waals surface area contributed by atoms with Crippen LogP contribution in [0.3, 0.4) is 0 Å². The molecule has 0 atom stereocenters. The number of thiophene rings is 2. The maximum atomic E-state index is 5.42. The Kier molecular flexibility index (Phi) is 6.06. The average Bonchev–Trinajstić information content (AvgIpc) is 3.79. The van der Waals surface area contributed by atoms with Crippen molar-refractivity contribution in [2.45, 2.75) is 0 Å². The summed E-state index contributed by atoms with van der Waals surface area (Å²) in [6, 6.07) is 56.6. The number of anilines is 3. The predicted octanol–water partition coefficient (Wildman–Crippen LogP) is 13.7. The highest BCUT2D eigenvalue weighted by Crippen LogP contribution is 2.53. The van der Waals surface area contributed by atoms with Gasteiger partial charge in [-0.05, 0) is 58.1 Å². The standard InChI is InChI=1S/C47H26N4S2/c1-2-13-30-27(10-1)23-25-38-43(30)35-17-7-11-28-12-8-19-37(42(28)35)51(38)47-49-45(29-22-24-33-31-14-3-5-20-39(31)52-41(33)26-29)48-46(50-47)36-18-9-16-34-32-15-4-6-21-40(32)53-44(34)36/h1-26H. The zero-order valence-electron chi connectivity index (χ0n) is 28.1. The number of nitrogens with zero attached hydrogens (tertiary/aromatic N) is 4. The molecule has 1 aliphatic heterocycles. The lowest BCUT2D eigenvalue weighted by atomic mass is 9.88. The first-order valence-corrected chi connectivity index (χ1v) is 19.3. The first kappa shape index (κ1) is 29.1. The Hall–Kier alpha value is -6.47. The van der Waals surface area contributed by atoms with E-state index in [1.165, 1.54) is 73.0 Å². The number of fused-ring (bicyclic) bond motifs is 10. The minimum Gasteiger partial charge on any atom is -0.278 e. The Labute approximate surface area is 311 Å². The summed E-state index contributed by atoms with van der Waals surface area (Å²) in [5, 5.41) is 9.77. The maximum Gasteiger partial charge on any atom is 0.238 e. The van der Waals surface area contributed by atoms with Gasteiger partial charge in [0.05, 0.1) is 11.4 Å². The molecular weight excluding hydrogens is 685 g/mol. The quantitative estimate of drug-likeness (QED) is 0.183. The molecule has 0 bridgehead atoms. The number of hydrogen-bond donors (Lipinski definition) is 0. The van der Waals surface area contributed by atoms with Crippen LogP contribution in [0.5, 0.6) is 0 Å². The number of hydrogen-bond acceptors (Lipinski definition) is 6. The van der Waals surface area contributed by atoms with Gasteiger partial charge in [-0.25, -0.2) is 4.98 Å². The van der Waals surface area contributed by atoms with E-state index in [1.54, 1.807) is 11.3 Å². The van der Waals surface area contributed by atoms with Crippen LogP contribution in [-0.4, -0.2) is 15.0 Å². The van der Waals surface area contributed by atoms with Crippen LogP contribution in [0.1, 0.15) is 0 Å². The molecule has 4 heterocycles. The van der Waals surface area contributed by atoms with Crippen molar-refractivity contribution < 1.29 is 0 Å². The van der Waals surface area contributed by atoms with Crippen LogP contribution in [0.2, 0.25) is 0 Å². The van der Waals surface area contributed by atoms with Gasteiger partial charge in [-0.3, -0.25) is 4.90 Å². The first-order valence-electron chi connectivity index (χ1n) is 17.7. The fourth-order valence-corrected chi connectivity index (χ4v) is 10.7. The highest BCUT2D eigenvalue weighted by Gasteiger charge is 2.30. The van der Waals surface area contributed by atoms with Gasteiger partial charge in [0.15, 0.2) is 11.6 Å². The lowest BCUT2D eigenvalue weighted by Gasteiger charge is -2.32. The Balaban J connectivity index is 1.17. The van der Waals surface area contributed by atoms with E-state index in [0.29, 0.717) is 17.6 Å². The van der Waals surface area contributed by atoms with E-state index in [-0.39, 0.29) is 0 Å². The van der Waals surface area contributed by atoms with Crippen molar-refractivity contribution in [3.63, 3.8) is 0 Å². The summed E-state index contributed by atoms with van der Waals surface area (Å²) in [4.78, 5) is 18.4. The van der Waals surface area contributed by atoms with E-state index in [2.05, 4.69) is 163 Å². The minimum absolute atomic E-state index is 0.595. The van der Waals surface area contributed by atoms with Crippen LogP contribution in [0.15, 0.2) is 158 Å². The van der Waals surface area contributed by atoms with E-state index < -0.39 is 0 Å². The average molecular weight is 711 g/mol. The second-order valence-electron chi connectivity index (χ2n) is 13.6. The van der Waals surface area contributed by atoms with Gasteiger partial charge < -0.3 is 0 Å². The van der Waals surface area contributed by atoms with Gasteiger partial charge in [-0.2, -0.15) is 9.97 Å². The molecule has 0 fully saturated rings. The fraction of sp³-hybridized carbons (Fsp3) is 0. The Morgan fingerprint density at radius 1 is 0.415 bits per heavy atom. The number of benzene rings is 8. The first-order chi connectivity index (χ1) is 26.3. The third kappa shape index (κ3) is 4.25. The van der Waals surface area contributed by atoms with Gasteiger partial charge in [0, 0.05) is 62.4 Å². The van der Waals surface area contributed by atoms with E-state index >= 15 is 0 Å². The molecule has 53 heavy (non-hydrogen) atoms. The number of rotatable bonds is 3. The molecule has 12 rings (SSSR count). The molecule has 1 aliphatic rings. The third-order valence-electron chi connectivity index (χ3n) is 10.6. The Bertz CT molecular complexity index is 3320. The largest absolute Gasteiger partial charge is 0.278 e. The topological polar surface area (TPSA) is 41.9 Å². The molecule has 246 valence electrons. The molecule has 0 radical (unpaired) electrons. The van der Waals surface area contributed by atoms with Gasteiger partial charge >= 0.3 is 0 Å². The van der Waals surface area contributed by atoms with E-state index in [4.69, 9.17) is 15.0 Å². The highest BCUT2D eigenvalue weighted by molar-refractivity contribution is 7.26. The molecule has 0 saturated heterocycles. The van der Waals surface area contributed by atoms with Crippen molar-refractivity contribution in [3.05, 3.63) is 158 Å². The minimum atomic E-state index is 0.595. The van der Waals surface area contributed by atoms with Crippen LogP contribution in [-0.2, 0) is 0 Å². The molecule has 0 saturated carbocycles. The fourth-order valence-electron chi connectivity index (χ4n) is 8.29. The molecule has 0 spiro atoms. The summed E-state index contributed by atoms with van der Waals surface area (Å²) in [6.45, 7) is 0. The van der Waals surface area contributed by atoms with Crippen LogP contribution in [0.25, 0.3) is 95.8 Å². The SMILES string of the molecule is c1ccc2c3c(ccc2c1)N(c1nc(-c2ccc4c(c2)sc2ccccc24)nc(-c2cccc4c2sc2ccccc24)n1)c1cccc2cccc-3c12. The zero-order chi connectivity index (χ0) is 34.6. The molecule has 0 unspecified atom stereocenters. The highest BCUT2D eigenvalue weighted by atomic mass is 32.1. The lowest BCUT2D eigenvalue weighted by Crippen LogP contribution is -2.19. The van der Waals surface area contributed by atoms with E-state index in [0.717, 1.165) is 22.5 Å². The maximum absolute atomic E-state index is 5.42. The summed E-state index contributed by atoms with van der Waals surface area (Å²) < 4.78 is 4.92. The molecule has 8 aromatic carbocycles. The summed E-state index contributed by atoms with van der Waals surface area (Å²) >= 11 is 3.60. The summed E-state index contributed by atoms with van der Waals surface area (Å²) in [5.41, 5.74) is 6.50. The molecule has 4 nitrogen and oxygen atoms in total. The molecule has 3 aromatic heterocycles. The summed E-state index contributed by atoms with van der Waals surface area (Å²) in [7, 11) is 0. The smallest absolute Gasteiger partial charge is 0.238 e. The molecule has 0 aliphatic carbocycles.